The molecule has 3 nitrogen and oxygen atoms in total. The highest BCUT2D eigenvalue weighted by Crippen LogP contribution is 2.16. The molecule has 0 saturated carbocycles. The Balaban J connectivity index is 2.01. The number of nitrogens with two attached hydrogens (primary N) is 1. The van der Waals surface area contributed by atoms with E-state index in [9.17, 15) is 0 Å². The first kappa shape index (κ1) is 12.9. The maximum Gasteiger partial charge on any atom is 0.213 e. The van der Waals surface area contributed by atoms with E-state index in [2.05, 4.69) is 4.98 Å². The van der Waals surface area contributed by atoms with Crippen LogP contribution in [0.25, 0.3) is 0 Å². The maximum absolute atomic E-state index is 5.82. The third-order valence-corrected chi connectivity index (χ3v) is 2.84. The maximum atomic E-state index is 5.82. The van der Waals surface area contributed by atoms with Gasteiger partial charge in [0.05, 0.1) is 0 Å². The highest BCUT2D eigenvalue weighted by Gasteiger charge is 2.02. The topological polar surface area (TPSA) is 48.1 Å². The van der Waals surface area contributed by atoms with Gasteiger partial charge in [0.15, 0.2) is 0 Å². The first-order chi connectivity index (χ1) is 8.65. The molecule has 18 heavy (non-hydrogen) atoms. The second-order valence-corrected chi connectivity index (χ2v) is 4.57. The van der Waals surface area contributed by atoms with Crippen molar-refractivity contribution in [1.82, 2.24) is 4.98 Å². The van der Waals surface area contributed by atoms with Crippen molar-refractivity contribution in [3.8, 4) is 5.88 Å². The summed E-state index contributed by atoms with van der Waals surface area (Å²) in [6, 6.07) is 11.3. The van der Waals surface area contributed by atoms with Gasteiger partial charge < -0.3 is 10.5 Å². The predicted octanol–water partition coefficient (Wildman–Crippen LogP) is 3.33. The van der Waals surface area contributed by atoms with Crippen LogP contribution in [0.1, 0.15) is 24.1 Å². The third kappa shape index (κ3) is 3.45. The number of hydrogen-bond donors (Lipinski definition) is 1. The zero-order valence-corrected chi connectivity index (χ0v) is 10.9. The molecule has 0 aliphatic carbocycles. The summed E-state index contributed by atoms with van der Waals surface area (Å²) in [6.07, 6.45) is 1.70. The van der Waals surface area contributed by atoms with E-state index >= 15 is 0 Å². The number of aromatic nitrogens is 1. The molecule has 0 saturated heterocycles. The SMILES string of the molecule is C[C@H](N)c1ccnc(OCc2ccc(Cl)cc2)c1. The van der Waals surface area contributed by atoms with Crippen molar-refractivity contribution in [2.45, 2.75) is 19.6 Å². The minimum Gasteiger partial charge on any atom is -0.473 e. The van der Waals surface area contributed by atoms with Crippen LogP contribution in [0.4, 0.5) is 0 Å². The smallest absolute Gasteiger partial charge is 0.213 e. The molecular weight excluding hydrogens is 248 g/mol. The molecule has 1 heterocycles. The average molecular weight is 263 g/mol. The minimum absolute atomic E-state index is 0.0223. The van der Waals surface area contributed by atoms with Crippen LogP contribution in [-0.2, 0) is 6.61 Å². The van der Waals surface area contributed by atoms with Crippen LogP contribution in [0, 0.1) is 0 Å². The van der Waals surface area contributed by atoms with Gasteiger partial charge in [0.25, 0.3) is 0 Å². The van der Waals surface area contributed by atoms with Gasteiger partial charge in [-0.2, -0.15) is 0 Å². The lowest BCUT2D eigenvalue weighted by Crippen LogP contribution is -2.06. The molecule has 0 fully saturated rings. The van der Waals surface area contributed by atoms with Gasteiger partial charge in [-0.15, -0.1) is 0 Å². The number of hydrogen-bond acceptors (Lipinski definition) is 3. The zero-order valence-electron chi connectivity index (χ0n) is 10.1. The summed E-state index contributed by atoms with van der Waals surface area (Å²) in [5, 5.41) is 0.718. The summed E-state index contributed by atoms with van der Waals surface area (Å²) < 4.78 is 5.61. The monoisotopic (exact) mass is 262 g/mol. The minimum atomic E-state index is -0.0223. The molecule has 0 spiro atoms. The molecule has 0 amide bonds. The number of nitrogens with zero attached hydrogens (tertiary/aromatic N) is 1. The second kappa shape index (κ2) is 5.85. The summed E-state index contributed by atoms with van der Waals surface area (Å²) in [5.74, 6) is 0.583. The molecule has 2 N–H and O–H groups in total. The lowest BCUT2D eigenvalue weighted by atomic mass is 10.1. The van der Waals surface area contributed by atoms with Crippen molar-refractivity contribution in [3.63, 3.8) is 0 Å². The van der Waals surface area contributed by atoms with Crippen LogP contribution in [0.3, 0.4) is 0 Å². The van der Waals surface area contributed by atoms with E-state index < -0.39 is 0 Å². The molecule has 1 aromatic heterocycles. The highest BCUT2D eigenvalue weighted by molar-refractivity contribution is 6.30. The molecule has 1 atom stereocenters. The Morgan fingerprint density at radius 3 is 2.67 bits per heavy atom. The number of benzene rings is 1. The van der Waals surface area contributed by atoms with E-state index in [1.54, 1.807) is 6.20 Å². The van der Waals surface area contributed by atoms with Crippen molar-refractivity contribution < 1.29 is 4.74 Å². The van der Waals surface area contributed by atoms with E-state index in [4.69, 9.17) is 22.1 Å². The van der Waals surface area contributed by atoms with Crippen LogP contribution in [0.2, 0.25) is 5.02 Å². The van der Waals surface area contributed by atoms with Gasteiger partial charge in [0.2, 0.25) is 5.88 Å². The van der Waals surface area contributed by atoms with Crippen molar-refractivity contribution in [2.75, 3.05) is 0 Å². The van der Waals surface area contributed by atoms with E-state index in [0.29, 0.717) is 12.5 Å². The van der Waals surface area contributed by atoms with E-state index in [-0.39, 0.29) is 6.04 Å². The number of halogens is 1. The molecule has 0 radical (unpaired) electrons. The van der Waals surface area contributed by atoms with E-state index in [1.165, 1.54) is 0 Å². The molecule has 4 heteroatoms. The lowest BCUT2D eigenvalue weighted by molar-refractivity contribution is 0.293. The molecule has 0 unspecified atom stereocenters. The molecule has 2 aromatic rings. The quantitative estimate of drug-likeness (QED) is 0.919. The largest absolute Gasteiger partial charge is 0.473 e. The zero-order chi connectivity index (χ0) is 13.0. The summed E-state index contributed by atoms with van der Waals surface area (Å²) in [6.45, 7) is 2.39. The van der Waals surface area contributed by atoms with Gasteiger partial charge in [-0.3, -0.25) is 0 Å². The number of pyridine rings is 1. The van der Waals surface area contributed by atoms with Crippen molar-refractivity contribution in [3.05, 3.63) is 58.7 Å². The Bertz CT molecular complexity index is 511. The van der Waals surface area contributed by atoms with Crippen molar-refractivity contribution in [1.29, 1.82) is 0 Å². The summed E-state index contributed by atoms with van der Waals surface area (Å²) in [4.78, 5) is 4.15. The predicted molar refractivity (Wildman–Crippen MR) is 72.6 cm³/mol. The molecule has 2 rings (SSSR count). The highest BCUT2D eigenvalue weighted by atomic mass is 35.5. The normalized spacial score (nSPS) is 12.2. The van der Waals surface area contributed by atoms with Crippen LogP contribution in [0.5, 0.6) is 5.88 Å². The molecule has 0 bridgehead atoms. The number of rotatable bonds is 4. The lowest BCUT2D eigenvalue weighted by Gasteiger charge is -2.09. The van der Waals surface area contributed by atoms with E-state index in [1.807, 2.05) is 43.3 Å². The Morgan fingerprint density at radius 2 is 2.00 bits per heavy atom. The molecular formula is C14H15ClN2O. The van der Waals surface area contributed by atoms with Gasteiger partial charge in [0.1, 0.15) is 6.61 Å². The average Bonchev–Trinajstić information content (AvgIpc) is 2.38. The summed E-state index contributed by atoms with van der Waals surface area (Å²) >= 11 is 5.82. The van der Waals surface area contributed by atoms with E-state index in [0.717, 1.165) is 16.1 Å². The van der Waals surface area contributed by atoms with Crippen molar-refractivity contribution in [2.24, 2.45) is 5.73 Å². The first-order valence-electron chi connectivity index (χ1n) is 5.74. The fourth-order valence-electron chi connectivity index (χ4n) is 1.52. The van der Waals surface area contributed by atoms with Crippen LogP contribution >= 0.6 is 11.6 Å². The summed E-state index contributed by atoms with van der Waals surface area (Å²) in [5.41, 5.74) is 7.87. The molecule has 0 aliphatic rings. The Hall–Kier alpha value is -1.58. The Kier molecular flexibility index (Phi) is 4.18. The molecule has 0 aliphatic heterocycles. The number of ether oxygens (including phenoxy) is 1. The first-order valence-corrected chi connectivity index (χ1v) is 6.12. The molecule has 1 aromatic carbocycles. The fraction of sp³-hybridized carbons (Fsp3) is 0.214. The third-order valence-electron chi connectivity index (χ3n) is 2.58. The van der Waals surface area contributed by atoms with Crippen LogP contribution in [0.15, 0.2) is 42.6 Å². The van der Waals surface area contributed by atoms with Crippen LogP contribution in [-0.4, -0.2) is 4.98 Å². The molecule has 94 valence electrons. The van der Waals surface area contributed by atoms with Gasteiger partial charge in [-0.05, 0) is 36.2 Å². The van der Waals surface area contributed by atoms with Crippen LogP contribution < -0.4 is 10.5 Å². The van der Waals surface area contributed by atoms with Gasteiger partial charge in [0, 0.05) is 23.3 Å². The Morgan fingerprint density at radius 1 is 1.28 bits per heavy atom. The fourth-order valence-corrected chi connectivity index (χ4v) is 1.65. The van der Waals surface area contributed by atoms with Gasteiger partial charge in [-0.1, -0.05) is 23.7 Å². The van der Waals surface area contributed by atoms with Gasteiger partial charge in [-0.25, -0.2) is 4.98 Å². The standard InChI is InChI=1S/C14H15ClN2O/c1-10(16)12-6-7-17-14(8-12)18-9-11-2-4-13(15)5-3-11/h2-8,10H,9,16H2,1H3/t10-/m0/s1. The van der Waals surface area contributed by atoms with Crippen molar-refractivity contribution >= 4 is 11.6 Å². The van der Waals surface area contributed by atoms with Gasteiger partial charge >= 0.3 is 0 Å². The summed E-state index contributed by atoms with van der Waals surface area (Å²) in [7, 11) is 0. The second-order valence-electron chi connectivity index (χ2n) is 4.13. The Labute approximate surface area is 112 Å².